The number of rotatable bonds is 4. The maximum atomic E-state index is 12.3. The second kappa shape index (κ2) is 5.50. The van der Waals surface area contributed by atoms with Crippen LogP contribution < -0.4 is 4.90 Å². The molecule has 0 saturated heterocycles. The third-order valence-corrected chi connectivity index (χ3v) is 3.65. The summed E-state index contributed by atoms with van der Waals surface area (Å²) < 4.78 is 0. The molecule has 0 spiro atoms. The van der Waals surface area contributed by atoms with Crippen molar-refractivity contribution in [3.05, 3.63) is 71.3 Å². The van der Waals surface area contributed by atoms with Crippen LogP contribution in [0.2, 0.25) is 0 Å². The fraction of sp³-hybridized carbons (Fsp3) is 0.176. The normalized spacial score (nSPS) is 15.2. The Bertz CT molecular complexity index is 647. The largest absolute Gasteiger partial charge is 0.316 e. The number of fused-ring (bicyclic) bond motifs is 1. The zero-order valence-electron chi connectivity index (χ0n) is 11.9. The Kier molecular flexibility index (Phi) is 3.54. The molecule has 2 aromatic carbocycles. The molecule has 0 saturated carbocycles. The van der Waals surface area contributed by atoms with Crippen LogP contribution in [-0.2, 0) is 6.54 Å². The molecule has 1 heterocycles. The Labute approximate surface area is 123 Å². The van der Waals surface area contributed by atoms with Crippen LogP contribution in [0.1, 0.15) is 26.3 Å². The van der Waals surface area contributed by atoms with Gasteiger partial charge < -0.3 is 4.90 Å². The second-order valence-corrected chi connectivity index (χ2v) is 5.36. The Morgan fingerprint density at radius 1 is 0.857 bits per heavy atom. The standard InChI is InChI=1S/C17H16N2O2/c1-18(11-13-7-3-2-4-8-13)12-19-16(20)14-9-5-6-10-15(14)17(19)21/h2-10H,11-12H2,1H3/p+1. The summed E-state index contributed by atoms with van der Waals surface area (Å²) in [5.74, 6) is -0.383. The third kappa shape index (κ3) is 2.58. The van der Waals surface area contributed by atoms with E-state index in [-0.39, 0.29) is 11.8 Å². The van der Waals surface area contributed by atoms with E-state index in [1.807, 2.05) is 37.4 Å². The van der Waals surface area contributed by atoms with Gasteiger partial charge in [0.25, 0.3) is 11.8 Å². The third-order valence-electron chi connectivity index (χ3n) is 3.65. The number of nitrogens with one attached hydrogen (secondary N) is 1. The molecule has 3 rings (SSSR count). The van der Waals surface area contributed by atoms with Gasteiger partial charge in [-0.15, -0.1) is 0 Å². The average molecular weight is 281 g/mol. The number of carbonyl (C=O) groups is 2. The van der Waals surface area contributed by atoms with E-state index in [2.05, 4.69) is 0 Å². The van der Waals surface area contributed by atoms with Gasteiger partial charge >= 0.3 is 0 Å². The second-order valence-electron chi connectivity index (χ2n) is 5.36. The molecule has 2 amide bonds. The Balaban J connectivity index is 1.72. The predicted octanol–water partition coefficient (Wildman–Crippen LogP) is 0.955. The molecule has 4 nitrogen and oxygen atoms in total. The SMILES string of the molecule is C[NH+](Cc1ccccc1)CN1C(=O)c2ccccc2C1=O. The van der Waals surface area contributed by atoms with E-state index in [0.29, 0.717) is 17.8 Å². The van der Waals surface area contributed by atoms with Gasteiger partial charge in [0.05, 0.1) is 18.2 Å². The topological polar surface area (TPSA) is 41.8 Å². The van der Waals surface area contributed by atoms with Crippen molar-refractivity contribution in [2.45, 2.75) is 6.54 Å². The summed E-state index contributed by atoms with van der Waals surface area (Å²) in [7, 11) is 1.98. The van der Waals surface area contributed by atoms with Crippen LogP contribution >= 0.6 is 0 Å². The summed E-state index contributed by atoms with van der Waals surface area (Å²) >= 11 is 0. The van der Waals surface area contributed by atoms with E-state index in [4.69, 9.17) is 0 Å². The molecule has 1 aliphatic heterocycles. The van der Waals surface area contributed by atoms with Crippen molar-refractivity contribution in [2.24, 2.45) is 0 Å². The number of nitrogens with zero attached hydrogens (tertiary/aromatic N) is 1. The van der Waals surface area contributed by atoms with E-state index >= 15 is 0 Å². The highest BCUT2D eigenvalue weighted by atomic mass is 16.2. The monoisotopic (exact) mass is 281 g/mol. The predicted molar refractivity (Wildman–Crippen MR) is 78.8 cm³/mol. The molecule has 0 aromatic heterocycles. The molecule has 21 heavy (non-hydrogen) atoms. The Hall–Kier alpha value is -2.46. The van der Waals surface area contributed by atoms with Gasteiger partial charge in [-0.2, -0.15) is 0 Å². The Morgan fingerprint density at radius 3 is 1.95 bits per heavy atom. The van der Waals surface area contributed by atoms with E-state index in [1.54, 1.807) is 24.3 Å². The van der Waals surface area contributed by atoms with Crippen LogP contribution in [0, 0.1) is 0 Å². The first kappa shape index (κ1) is 13.5. The van der Waals surface area contributed by atoms with Crippen LogP contribution in [0.3, 0.4) is 0 Å². The Morgan fingerprint density at radius 2 is 1.38 bits per heavy atom. The van der Waals surface area contributed by atoms with Crippen molar-refractivity contribution >= 4 is 11.8 Å². The first-order chi connectivity index (χ1) is 10.2. The van der Waals surface area contributed by atoms with Crippen molar-refractivity contribution in [1.29, 1.82) is 0 Å². The maximum Gasteiger partial charge on any atom is 0.265 e. The minimum Gasteiger partial charge on any atom is -0.316 e. The van der Waals surface area contributed by atoms with Gasteiger partial charge in [0.2, 0.25) is 0 Å². The number of imide groups is 1. The van der Waals surface area contributed by atoms with Crippen molar-refractivity contribution in [1.82, 2.24) is 4.90 Å². The molecule has 4 heteroatoms. The van der Waals surface area contributed by atoms with Gasteiger partial charge in [-0.1, -0.05) is 42.5 Å². The van der Waals surface area contributed by atoms with Crippen molar-refractivity contribution in [2.75, 3.05) is 13.7 Å². The highest BCUT2D eigenvalue weighted by molar-refractivity contribution is 6.21. The number of hydrogen-bond donors (Lipinski definition) is 1. The van der Waals surface area contributed by atoms with Crippen LogP contribution in [0.4, 0.5) is 0 Å². The molecular formula is C17H17N2O2+. The lowest BCUT2D eigenvalue weighted by Gasteiger charge is -2.20. The molecule has 0 bridgehead atoms. The molecule has 1 aliphatic rings. The fourth-order valence-electron chi connectivity index (χ4n) is 2.65. The zero-order chi connectivity index (χ0) is 14.8. The van der Waals surface area contributed by atoms with Crippen molar-refractivity contribution in [3.8, 4) is 0 Å². The van der Waals surface area contributed by atoms with Crippen molar-refractivity contribution < 1.29 is 14.5 Å². The van der Waals surface area contributed by atoms with Gasteiger partial charge in [0, 0.05) is 5.56 Å². The number of quaternary nitrogens is 1. The van der Waals surface area contributed by atoms with Crippen LogP contribution in [0.5, 0.6) is 0 Å². The number of carbonyl (C=O) groups excluding carboxylic acids is 2. The number of hydrogen-bond acceptors (Lipinski definition) is 2. The molecule has 0 aliphatic carbocycles. The number of benzene rings is 2. The van der Waals surface area contributed by atoms with Gasteiger partial charge in [-0.25, -0.2) is 4.90 Å². The smallest absolute Gasteiger partial charge is 0.265 e. The summed E-state index contributed by atoms with van der Waals surface area (Å²) in [4.78, 5) is 27.0. The molecular weight excluding hydrogens is 264 g/mol. The summed E-state index contributed by atoms with van der Waals surface area (Å²) in [6.45, 7) is 1.15. The van der Waals surface area contributed by atoms with E-state index in [1.165, 1.54) is 10.5 Å². The minimum atomic E-state index is -0.192. The summed E-state index contributed by atoms with van der Waals surface area (Å²) in [6.07, 6.45) is 0. The van der Waals surface area contributed by atoms with Crippen LogP contribution in [0.25, 0.3) is 0 Å². The molecule has 1 atom stereocenters. The average Bonchev–Trinajstić information content (AvgIpc) is 2.74. The summed E-state index contributed by atoms with van der Waals surface area (Å²) in [5.41, 5.74) is 2.21. The molecule has 1 N–H and O–H groups in total. The highest BCUT2D eigenvalue weighted by Crippen LogP contribution is 2.21. The van der Waals surface area contributed by atoms with E-state index in [0.717, 1.165) is 11.4 Å². The lowest BCUT2D eigenvalue weighted by molar-refractivity contribution is -0.901. The molecule has 0 radical (unpaired) electrons. The lowest BCUT2D eigenvalue weighted by Crippen LogP contribution is -3.09. The molecule has 2 aromatic rings. The van der Waals surface area contributed by atoms with Gasteiger partial charge in [0.15, 0.2) is 6.67 Å². The van der Waals surface area contributed by atoms with Gasteiger partial charge in [0.1, 0.15) is 6.54 Å². The quantitative estimate of drug-likeness (QED) is 0.848. The van der Waals surface area contributed by atoms with E-state index in [9.17, 15) is 9.59 Å². The first-order valence-corrected chi connectivity index (χ1v) is 6.97. The van der Waals surface area contributed by atoms with Crippen LogP contribution in [-0.4, -0.2) is 30.4 Å². The van der Waals surface area contributed by atoms with Gasteiger partial charge in [-0.05, 0) is 12.1 Å². The summed E-state index contributed by atoms with van der Waals surface area (Å²) in [5, 5.41) is 0. The minimum absolute atomic E-state index is 0.192. The number of amides is 2. The zero-order valence-corrected chi connectivity index (χ0v) is 11.9. The van der Waals surface area contributed by atoms with Gasteiger partial charge in [-0.3, -0.25) is 9.59 Å². The first-order valence-electron chi connectivity index (χ1n) is 6.97. The summed E-state index contributed by atoms with van der Waals surface area (Å²) in [6, 6.07) is 17.0. The van der Waals surface area contributed by atoms with Crippen LogP contribution in [0.15, 0.2) is 54.6 Å². The van der Waals surface area contributed by atoms with Crippen molar-refractivity contribution in [3.63, 3.8) is 0 Å². The molecule has 106 valence electrons. The lowest BCUT2D eigenvalue weighted by atomic mass is 10.1. The van der Waals surface area contributed by atoms with E-state index < -0.39 is 0 Å². The molecule has 0 fully saturated rings. The maximum absolute atomic E-state index is 12.3. The highest BCUT2D eigenvalue weighted by Gasteiger charge is 2.36. The fourth-order valence-corrected chi connectivity index (χ4v) is 2.65. The molecule has 1 unspecified atom stereocenters.